The number of aryl methyl sites for hydroxylation is 1. The van der Waals surface area contributed by atoms with Crippen LogP contribution in [-0.2, 0) is 9.53 Å². The number of rotatable bonds is 7. The number of benzene rings is 1. The highest BCUT2D eigenvalue weighted by Gasteiger charge is 2.12. The van der Waals surface area contributed by atoms with Crippen LogP contribution in [0, 0.1) is 6.92 Å². The standard InChI is InChI=1S/C15H19N3O3S/c1-10-4-6-12(7-5-10)14-17-18-15(21-14)22-9-13(19)16-11(2)8-20-3/h4-7,11H,8-9H2,1-3H3,(H,16,19)/t11-/m0/s1. The van der Waals surface area contributed by atoms with E-state index in [-0.39, 0.29) is 17.7 Å². The molecule has 0 saturated carbocycles. The van der Waals surface area contributed by atoms with Gasteiger partial charge in [0.25, 0.3) is 5.22 Å². The average Bonchev–Trinajstić information content (AvgIpc) is 2.95. The van der Waals surface area contributed by atoms with E-state index in [1.807, 2.05) is 38.1 Å². The zero-order valence-corrected chi connectivity index (χ0v) is 13.6. The first-order valence-corrected chi connectivity index (χ1v) is 7.88. The second-order valence-electron chi connectivity index (χ2n) is 4.95. The molecule has 0 fully saturated rings. The van der Waals surface area contributed by atoms with E-state index in [0.29, 0.717) is 17.7 Å². The fourth-order valence-corrected chi connectivity index (χ4v) is 2.39. The van der Waals surface area contributed by atoms with Crippen molar-refractivity contribution in [3.05, 3.63) is 29.8 Å². The molecule has 0 unspecified atom stereocenters. The van der Waals surface area contributed by atoms with Crippen LogP contribution in [0.4, 0.5) is 0 Å². The van der Waals surface area contributed by atoms with Gasteiger partial charge in [0.2, 0.25) is 11.8 Å². The quantitative estimate of drug-likeness (QED) is 0.788. The van der Waals surface area contributed by atoms with Crippen molar-refractivity contribution in [1.82, 2.24) is 15.5 Å². The Labute approximate surface area is 133 Å². The maximum absolute atomic E-state index is 11.7. The number of aromatic nitrogens is 2. The van der Waals surface area contributed by atoms with Crippen molar-refractivity contribution in [3.8, 4) is 11.5 Å². The number of carbonyl (C=O) groups excluding carboxylic acids is 1. The van der Waals surface area contributed by atoms with Crippen LogP contribution in [0.1, 0.15) is 12.5 Å². The van der Waals surface area contributed by atoms with Crippen LogP contribution in [0.25, 0.3) is 11.5 Å². The van der Waals surface area contributed by atoms with Crippen LogP contribution < -0.4 is 5.32 Å². The lowest BCUT2D eigenvalue weighted by molar-refractivity contribution is -0.119. The van der Waals surface area contributed by atoms with E-state index in [1.54, 1.807) is 7.11 Å². The van der Waals surface area contributed by atoms with Crippen LogP contribution in [-0.4, -0.2) is 41.6 Å². The van der Waals surface area contributed by atoms with E-state index in [0.717, 1.165) is 5.56 Å². The van der Waals surface area contributed by atoms with Crippen molar-refractivity contribution < 1.29 is 13.9 Å². The van der Waals surface area contributed by atoms with Gasteiger partial charge in [-0.15, -0.1) is 10.2 Å². The highest BCUT2D eigenvalue weighted by molar-refractivity contribution is 7.99. The van der Waals surface area contributed by atoms with E-state index in [9.17, 15) is 4.79 Å². The maximum atomic E-state index is 11.7. The summed E-state index contributed by atoms with van der Waals surface area (Å²) >= 11 is 1.21. The van der Waals surface area contributed by atoms with E-state index < -0.39 is 0 Å². The molecule has 7 heteroatoms. The molecule has 2 rings (SSSR count). The number of nitrogens with zero attached hydrogens (tertiary/aromatic N) is 2. The van der Waals surface area contributed by atoms with Crippen LogP contribution in [0.3, 0.4) is 0 Å². The zero-order valence-electron chi connectivity index (χ0n) is 12.8. The smallest absolute Gasteiger partial charge is 0.277 e. The predicted molar refractivity (Wildman–Crippen MR) is 84.7 cm³/mol. The number of methoxy groups -OCH3 is 1. The van der Waals surface area contributed by atoms with Crippen molar-refractivity contribution in [2.24, 2.45) is 0 Å². The zero-order chi connectivity index (χ0) is 15.9. The van der Waals surface area contributed by atoms with Gasteiger partial charge in [-0.3, -0.25) is 4.79 Å². The van der Waals surface area contributed by atoms with Gasteiger partial charge in [0, 0.05) is 18.7 Å². The summed E-state index contributed by atoms with van der Waals surface area (Å²) in [6.45, 7) is 4.38. The SMILES string of the molecule is COC[C@H](C)NC(=O)CSc1nnc(-c2ccc(C)cc2)o1. The maximum Gasteiger partial charge on any atom is 0.277 e. The number of carbonyl (C=O) groups is 1. The van der Waals surface area contributed by atoms with E-state index >= 15 is 0 Å². The minimum Gasteiger partial charge on any atom is -0.411 e. The Morgan fingerprint density at radius 1 is 1.36 bits per heavy atom. The van der Waals surface area contributed by atoms with Crippen molar-refractivity contribution >= 4 is 17.7 Å². The molecule has 1 heterocycles. The van der Waals surface area contributed by atoms with Crippen LogP contribution >= 0.6 is 11.8 Å². The van der Waals surface area contributed by atoms with Gasteiger partial charge in [0.05, 0.1) is 12.4 Å². The molecule has 0 aliphatic heterocycles. The van der Waals surface area contributed by atoms with Gasteiger partial charge >= 0.3 is 0 Å². The fraction of sp³-hybridized carbons (Fsp3) is 0.400. The molecule has 0 aliphatic carbocycles. The third-order valence-corrected chi connectivity index (χ3v) is 3.67. The Morgan fingerprint density at radius 3 is 2.77 bits per heavy atom. The Hall–Kier alpha value is -1.86. The molecule has 6 nitrogen and oxygen atoms in total. The molecule has 0 radical (unpaired) electrons. The number of amides is 1. The normalized spacial score (nSPS) is 12.1. The van der Waals surface area contributed by atoms with Gasteiger partial charge in [-0.05, 0) is 26.0 Å². The molecule has 0 aliphatic rings. The lowest BCUT2D eigenvalue weighted by atomic mass is 10.1. The van der Waals surface area contributed by atoms with E-state index in [4.69, 9.17) is 9.15 Å². The summed E-state index contributed by atoms with van der Waals surface area (Å²) in [6, 6.07) is 7.80. The Balaban J connectivity index is 1.87. The molecule has 1 aromatic carbocycles. The lowest BCUT2D eigenvalue weighted by Crippen LogP contribution is -2.36. The first-order valence-electron chi connectivity index (χ1n) is 6.90. The highest BCUT2D eigenvalue weighted by atomic mass is 32.2. The monoisotopic (exact) mass is 321 g/mol. The molecule has 0 saturated heterocycles. The molecule has 1 N–H and O–H groups in total. The average molecular weight is 321 g/mol. The summed E-state index contributed by atoms with van der Waals surface area (Å²) in [7, 11) is 1.60. The molecular weight excluding hydrogens is 302 g/mol. The first kappa shape index (κ1) is 16.5. The summed E-state index contributed by atoms with van der Waals surface area (Å²) in [6.07, 6.45) is 0. The molecule has 0 bridgehead atoms. The summed E-state index contributed by atoms with van der Waals surface area (Å²) in [5, 5.41) is 11.1. The second kappa shape index (κ2) is 7.95. The van der Waals surface area contributed by atoms with Crippen LogP contribution in [0.15, 0.2) is 33.9 Å². The molecule has 118 valence electrons. The summed E-state index contributed by atoms with van der Waals surface area (Å²) < 4.78 is 10.5. The highest BCUT2D eigenvalue weighted by Crippen LogP contribution is 2.23. The minimum absolute atomic E-state index is 0.0242. The molecule has 2 aromatic rings. The molecular formula is C15H19N3O3S. The van der Waals surface area contributed by atoms with Gasteiger partial charge in [0.15, 0.2) is 0 Å². The summed E-state index contributed by atoms with van der Waals surface area (Å²) in [5.41, 5.74) is 2.03. The molecule has 1 aromatic heterocycles. The summed E-state index contributed by atoms with van der Waals surface area (Å²) in [4.78, 5) is 11.7. The number of nitrogens with one attached hydrogen (secondary N) is 1. The molecule has 0 spiro atoms. The van der Waals surface area contributed by atoms with Crippen molar-refractivity contribution in [1.29, 1.82) is 0 Å². The first-order chi connectivity index (χ1) is 10.6. The Bertz CT molecular complexity index is 613. The van der Waals surface area contributed by atoms with Gasteiger partial charge in [-0.1, -0.05) is 29.5 Å². The molecule has 22 heavy (non-hydrogen) atoms. The minimum atomic E-state index is -0.0929. The Kier molecular flexibility index (Phi) is 5.97. The lowest BCUT2D eigenvalue weighted by Gasteiger charge is -2.11. The fourth-order valence-electron chi connectivity index (χ4n) is 1.82. The molecule has 1 amide bonds. The van der Waals surface area contributed by atoms with Crippen molar-refractivity contribution in [3.63, 3.8) is 0 Å². The van der Waals surface area contributed by atoms with Crippen LogP contribution in [0.5, 0.6) is 0 Å². The third-order valence-electron chi connectivity index (χ3n) is 2.86. The summed E-state index contributed by atoms with van der Waals surface area (Å²) in [5.74, 6) is 0.587. The van der Waals surface area contributed by atoms with Gasteiger partial charge < -0.3 is 14.5 Å². The van der Waals surface area contributed by atoms with Crippen molar-refractivity contribution in [2.75, 3.05) is 19.5 Å². The third kappa shape index (κ3) is 4.85. The Morgan fingerprint density at radius 2 is 2.09 bits per heavy atom. The van der Waals surface area contributed by atoms with Gasteiger partial charge in [-0.2, -0.15) is 0 Å². The molecule has 1 atom stereocenters. The number of hydrogen-bond acceptors (Lipinski definition) is 6. The number of ether oxygens (including phenoxy) is 1. The van der Waals surface area contributed by atoms with Crippen molar-refractivity contribution in [2.45, 2.75) is 25.1 Å². The van der Waals surface area contributed by atoms with Gasteiger partial charge in [0.1, 0.15) is 0 Å². The topological polar surface area (TPSA) is 77.2 Å². The predicted octanol–water partition coefficient (Wildman–Crippen LogP) is 2.29. The number of hydrogen-bond donors (Lipinski definition) is 1. The van der Waals surface area contributed by atoms with E-state index in [2.05, 4.69) is 15.5 Å². The largest absolute Gasteiger partial charge is 0.411 e. The second-order valence-corrected chi connectivity index (χ2v) is 5.88. The van der Waals surface area contributed by atoms with E-state index in [1.165, 1.54) is 17.3 Å². The van der Waals surface area contributed by atoms with Gasteiger partial charge in [-0.25, -0.2) is 0 Å². The number of thioether (sulfide) groups is 1. The van der Waals surface area contributed by atoms with Crippen LogP contribution in [0.2, 0.25) is 0 Å².